The van der Waals surface area contributed by atoms with Gasteiger partial charge in [0.25, 0.3) is 0 Å². The van der Waals surface area contributed by atoms with E-state index in [-0.39, 0.29) is 0 Å². The van der Waals surface area contributed by atoms with E-state index in [1.54, 1.807) is 4.68 Å². The van der Waals surface area contributed by atoms with Gasteiger partial charge in [-0.2, -0.15) is 0 Å². The third-order valence-electron chi connectivity index (χ3n) is 2.35. The molecule has 1 aromatic heterocycles. The number of halogens is 1. The second-order valence-corrected chi connectivity index (χ2v) is 5.15. The van der Waals surface area contributed by atoms with Gasteiger partial charge in [-0.1, -0.05) is 19.1 Å². The maximum atomic E-state index is 5.81. The van der Waals surface area contributed by atoms with Crippen molar-refractivity contribution in [2.75, 3.05) is 5.73 Å². The van der Waals surface area contributed by atoms with Crippen molar-refractivity contribution in [3.63, 3.8) is 0 Å². The van der Waals surface area contributed by atoms with Crippen LogP contribution in [0.5, 0.6) is 0 Å². The molecule has 0 unspecified atom stereocenters. The molecular formula is C11H13IN4. The molecule has 0 atom stereocenters. The lowest BCUT2D eigenvalue weighted by atomic mass is 10.1. The van der Waals surface area contributed by atoms with Crippen molar-refractivity contribution in [2.24, 2.45) is 0 Å². The summed E-state index contributed by atoms with van der Waals surface area (Å²) in [5.74, 6) is 0.808. The first kappa shape index (κ1) is 11.4. The lowest BCUT2D eigenvalue weighted by Gasteiger charge is -2.09. The van der Waals surface area contributed by atoms with Gasteiger partial charge in [-0.3, -0.25) is 0 Å². The highest BCUT2D eigenvalue weighted by Crippen LogP contribution is 2.22. The average molecular weight is 328 g/mol. The van der Waals surface area contributed by atoms with Crippen molar-refractivity contribution >= 4 is 28.4 Å². The standard InChI is InChI=1S/C11H13IN4/c1-7(2)10-11(13)14-15-16(10)9-5-3-8(12)4-6-9/h3-7H,13H2,1-2H3. The zero-order valence-corrected chi connectivity index (χ0v) is 11.3. The predicted molar refractivity (Wildman–Crippen MR) is 72.6 cm³/mol. The van der Waals surface area contributed by atoms with Crippen molar-refractivity contribution in [1.82, 2.24) is 15.0 Å². The van der Waals surface area contributed by atoms with Crippen LogP contribution in [0, 0.1) is 3.57 Å². The van der Waals surface area contributed by atoms with Crippen LogP contribution in [0.15, 0.2) is 24.3 Å². The Morgan fingerprint density at radius 1 is 1.25 bits per heavy atom. The van der Waals surface area contributed by atoms with Gasteiger partial charge in [0, 0.05) is 3.57 Å². The largest absolute Gasteiger partial charge is 0.381 e. The number of benzene rings is 1. The van der Waals surface area contributed by atoms with Crippen LogP contribution in [0.2, 0.25) is 0 Å². The van der Waals surface area contributed by atoms with Crippen LogP contribution in [0.25, 0.3) is 5.69 Å². The van der Waals surface area contributed by atoms with E-state index in [4.69, 9.17) is 5.73 Å². The van der Waals surface area contributed by atoms with Crippen molar-refractivity contribution < 1.29 is 0 Å². The summed E-state index contributed by atoms with van der Waals surface area (Å²) in [6.45, 7) is 4.16. The predicted octanol–water partition coefficient (Wildman–Crippen LogP) is 2.58. The summed E-state index contributed by atoms with van der Waals surface area (Å²) in [7, 11) is 0. The summed E-state index contributed by atoms with van der Waals surface area (Å²) in [6.07, 6.45) is 0. The molecule has 1 heterocycles. The minimum Gasteiger partial charge on any atom is -0.381 e. The molecule has 4 nitrogen and oxygen atoms in total. The minimum atomic E-state index is 0.300. The van der Waals surface area contributed by atoms with Crippen LogP contribution < -0.4 is 5.73 Å². The molecule has 0 fully saturated rings. The highest BCUT2D eigenvalue weighted by Gasteiger charge is 2.14. The molecule has 16 heavy (non-hydrogen) atoms. The lowest BCUT2D eigenvalue weighted by Crippen LogP contribution is -2.05. The molecule has 0 radical (unpaired) electrons. The van der Waals surface area contributed by atoms with Gasteiger partial charge in [-0.25, -0.2) is 4.68 Å². The Labute approximate surface area is 108 Å². The van der Waals surface area contributed by atoms with E-state index in [1.807, 2.05) is 24.3 Å². The van der Waals surface area contributed by atoms with Gasteiger partial charge in [0.05, 0.1) is 11.4 Å². The van der Waals surface area contributed by atoms with Gasteiger partial charge in [0.2, 0.25) is 0 Å². The van der Waals surface area contributed by atoms with Crippen LogP contribution in [-0.4, -0.2) is 15.0 Å². The summed E-state index contributed by atoms with van der Waals surface area (Å²) >= 11 is 2.27. The molecule has 0 saturated heterocycles. The van der Waals surface area contributed by atoms with E-state index >= 15 is 0 Å². The Balaban J connectivity index is 2.52. The van der Waals surface area contributed by atoms with Gasteiger partial charge in [0.1, 0.15) is 0 Å². The molecule has 2 rings (SSSR count). The Morgan fingerprint density at radius 3 is 2.44 bits per heavy atom. The summed E-state index contributed by atoms with van der Waals surface area (Å²) in [4.78, 5) is 0. The summed E-state index contributed by atoms with van der Waals surface area (Å²) in [6, 6.07) is 8.11. The molecule has 0 aliphatic carbocycles. The number of nitrogens with zero attached hydrogens (tertiary/aromatic N) is 3. The van der Waals surface area contributed by atoms with Gasteiger partial charge in [-0.05, 0) is 52.8 Å². The summed E-state index contributed by atoms with van der Waals surface area (Å²) in [5.41, 5.74) is 7.77. The molecule has 5 heteroatoms. The monoisotopic (exact) mass is 328 g/mol. The van der Waals surface area contributed by atoms with Gasteiger partial charge in [-0.15, -0.1) is 5.10 Å². The van der Waals surface area contributed by atoms with E-state index in [9.17, 15) is 0 Å². The Morgan fingerprint density at radius 2 is 1.88 bits per heavy atom. The first-order chi connectivity index (χ1) is 7.59. The molecule has 0 bridgehead atoms. The third kappa shape index (κ3) is 2.04. The molecule has 1 aromatic carbocycles. The first-order valence-electron chi connectivity index (χ1n) is 5.06. The van der Waals surface area contributed by atoms with Crippen LogP contribution >= 0.6 is 22.6 Å². The molecular weight excluding hydrogens is 315 g/mol. The highest BCUT2D eigenvalue weighted by atomic mass is 127. The Kier molecular flexibility index (Phi) is 3.13. The molecule has 0 aliphatic rings. The summed E-state index contributed by atoms with van der Waals surface area (Å²) in [5, 5.41) is 8.00. The molecule has 2 N–H and O–H groups in total. The molecule has 0 saturated carbocycles. The number of nitrogens with two attached hydrogens (primary N) is 1. The fourth-order valence-corrected chi connectivity index (χ4v) is 1.97. The van der Waals surface area contributed by atoms with E-state index in [0.29, 0.717) is 11.7 Å². The number of hydrogen-bond donors (Lipinski definition) is 1. The number of anilines is 1. The maximum Gasteiger partial charge on any atom is 0.169 e. The van der Waals surface area contributed by atoms with Crippen molar-refractivity contribution in [2.45, 2.75) is 19.8 Å². The zero-order chi connectivity index (χ0) is 11.7. The van der Waals surface area contributed by atoms with Gasteiger partial charge in [0.15, 0.2) is 5.82 Å². The topological polar surface area (TPSA) is 56.7 Å². The fourth-order valence-electron chi connectivity index (χ4n) is 1.61. The average Bonchev–Trinajstić information content (AvgIpc) is 2.61. The smallest absolute Gasteiger partial charge is 0.169 e. The Hall–Kier alpha value is -1.11. The van der Waals surface area contributed by atoms with Gasteiger partial charge < -0.3 is 5.73 Å². The quantitative estimate of drug-likeness (QED) is 0.862. The molecule has 0 spiro atoms. The highest BCUT2D eigenvalue weighted by molar-refractivity contribution is 14.1. The Bertz CT molecular complexity index is 487. The number of nitrogen functional groups attached to an aromatic ring is 1. The van der Waals surface area contributed by atoms with Crippen molar-refractivity contribution in [3.05, 3.63) is 33.5 Å². The van der Waals surface area contributed by atoms with E-state index < -0.39 is 0 Å². The fraction of sp³-hybridized carbons (Fsp3) is 0.273. The van der Waals surface area contributed by atoms with Crippen LogP contribution in [0.4, 0.5) is 5.82 Å². The first-order valence-corrected chi connectivity index (χ1v) is 6.14. The van der Waals surface area contributed by atoms with E-state index in [2.05, 4.69) is 46.8 Å². The van der Waals surface area contributed by atoms with Crippen LogP contribution in [0.3, 0.4) is 0 Å². The second kappa shape index (κ2) is 4.40. The normalized spacial score (nSPS) is 11.0. The molecule has 84 valence electrons. The molecule has 0 aliphatic heterocycles. The molecule has 2 aromatic rings. The summed E-state index contributed by atoms with van der Waals surface area (Å²) < 4.78 is 3.00. The minimum absolute atomic E-state index is 0.300. The zero-order valence-electron chi connectivity index (χ0n) is 9.18. The number of rotatable bonds is 2. The van der Waals surface area contributed by atoms with Crippen LogP contribution in [-0.2, 0) is 0 Å². The van der Waals surface area contributed by atoms with Crippen molar-refractivity contribution in [3.8, 4) is 5.69 Å². The van der Waals surface area contributed by atoms with E-state index in [0.717, 1.165) is 11.4 Å². The van der Waals surface area contributed by atoms with Gasteiger partial charge >= 0.3 is 0 Å². The molecule has 0 amide bonds. The number of hydrogen-bond acceptors (Lipinski definition) is 3. The maximum absolute atomic E-state index is 5.81. The SMILES string of the molecule is CC(C)c1c(N)nnn1-c1ccc(I)cc1. The second-order valence-electron chi connectivity index (χ2n) is 3.90. The van der Waals surface area contributed by atoms with Crippen molar-refractivity contribution in [1.29, 1.82) is 0 Å². The lowest BCUT2D eigenvalue weighted by molar-refractivity contribution is 0.716. The van der Waals surface area contributed by atoms with Crippen LogP contribution in [0.1, 0.15) is 25.5 Å². The third-order valence-corrected chi connectivity index (χ3v) is 3.07. The number of aromatic nitrogens is 3. The van der Waals surface area contributed by atoms with E-state index in [1.165, 1.54) is 3.57 Å².